The Bertz CT molecular complexity index is 456. The summed E-state index contributed by atoms with van der Waals surface area (Å²) in [5, 5.41) is 2.39. The highest BCUT2D eigenvalue weighted by Crippen LogP contribution is 2.33. The fraction of sp³-hybridized carbons (Fsp3) is 0.417. The minimum absolute atomic E-state index is 0.0354. The van der Waals surface area contributed by atoms with Crippen molar-refractivity contribution in [3.05, 3.63) is 23.8 Å². The molecule has 0 spiro atoms. The van der Waals surface area contributed by atoms with Crippen LogP contribution in [0.25, 0.3) is 0 Å². The van der Waals surface area contributed by atoms with Gasteiger partial charge in [0, 0.05) is 13.1 Å². The van der Waals surface area contributed by atoms with Crippen LogP contribution in [0.4, 0.5) is 29.3 Å². The molecular weight excluding hydrogens is 259 g/mol. The first-order valence-electron chi connectivity index (χ1n) is 5.82. The Labute approximate surface area is 109 Å². The topological polar surface area (TPSA) is 58.4 Å². The van der Waals surface area contributed by atoms with Gasteiger partial charge >= 0.3 is 12.2 Å². The number of alkyl halides is 3. The molecule has 0 fully saturated rings. The number of carbonyl (C=O) groups excluding carboxylic acids is 1. The molecule has 7 heteroatoms. The van der Waals surface area contributed by atoms with Crippen LogP contribution in [0.1, 0.15) is 19.4 Å². The van der Waals surface area contributed by atoms with Gasteiger partial charge in [0.1, 0.15) is 0 Å². The molecule has 0 saturated carbocycles. The molecule has 0 radical (unpaired) electrons. The lowest BCUT2D eigenvalue weighted by atomic mass is 10.1. The minimum atomic E-state index is -4.47. The van der Waals surface area contributed by atoms with Crippen LogP contribution in [-0.4, -0.2) is 24.0 Å². The number of rotatable bonds is 3. The average molecular weight is 275 g/mol. The third-order valence-corrected chi connectivity index (χ3v) is 2.67. The minimum Gasteiger partial charge on any atom is -0.397 e. The second-order valence-corrected chi connectivity index (χ2v) is 3.90. The molecule has 4 nitrogen and oxygen atoms in total. The van der Waals surface area contributed by atoms with Crippen molar-refractivity contribution >= 4 is 17.4 Å². The molecule has 19 heavy (non-hydrogen) atoms. The van der Waals surface area contributed by atoms with Crippen molar-refractivity contribution in [2.24, 2.45) is 0 Å². The molecule has 1 aromatic rings. The van der Waals surface area contributed by atoms with Crippen molar-refractivity contribution in [3.63, 3.8) is 0 Å². The summed E-state index contributed by atoms with van der Waals surface area (Å²) in [7, 11) is 0. The highest BCUT2D eigenvalue weighted by atomic mass is 19.4. The van der Waals surface area contributed by atoms with Gasteiger partial charge in [-0.25, -0.2) is 4.79 Å². The number of carbonyl (C=O) groups is 1. The van der Waals surface area contributed by atoms with Crippen LogP contribution in [0.15, 0.2) is 18.2 Å². The first-order chi connectivity index (χ1) is 8.79. The van der Waals surface area contributed by atoms with E-state index in [-0.39, 0.29) is 11.4 Å². The predicted octanol–water partition coefficient (Wildman–Crippen LogP) is 3.16. The number of nitrogens with two attached hydrogens (primary N) is 1. The number of nitrogens with one attached hydrogen (secondary N) is 1. The van der Waals surface area contributed by atoms with Crippen LogP contribution >= 0.6 is 0 Å². The summed E-state index contributed by atoms with van der Waals surface area (Å²) in [6.07, 6.45) is -4.47. The molecule has 0 saturated heterocycles. The van der Waals surface area contributed by atoms with Gasteiger partial charge in [-0.1, -0.05) is 0 Å². The quantitative estimate of drug-likeness (QED) is 0.832. The predicted molar refractivity (Wildman–Crippen MR) is 67.8 cm³/mol. The lowest BCUT2D eigenvalue weighted by molar-refractivity contribution is -0.137. The summed E-state index contributed by atoms with van der Waals surface area (Å²) in [6.45, 7) is 4.47. The van der Waals surface area contributed by atoms with Crippen molar-refractivity contribution in [2.75, 3.05) is 24.1 Å². The zero-order valence-corrected chi connectivity index (χ0v) is 10.7. The third kappa shape index (κ3) is 3.77. The zero-order valence-electron chi connectivity index (χ0n) is 10.7. The van der Waals surface area contributed by atoms with E-state index in [0.717, 1.165) is 18.2 Å². The number of halogens is 3. The van der Waals surface area contributed by atoms with E-state index in [2.05, 4.69) is 5.32 Å². The zero-order chi connectivity index (χ0) is 14.6. The van der Waals surface area contributed by atoms with Crippen molar-refractivity contribution in [1.82, 2.24) is 4.90 Å². The van der Waals surface area contributed by atoms with E-state index in [1.807, 2.05) is 0 Å². The Morgan fingerprint density at radius 3 is 2.37 bits per heavy atom. The highest BCUT2D eigenvalue weighted by molar-refractivity contribution is 5.92. The number of nitrogen functional groups attached to an aromatic ring is 1. The van der Waals surface area contributed by atoms with Gasteiger partial charge in [0.2, 0.25) is 0 Å². The van der Waals surface area contributed by atoms with Crippen LogP contribution < -0.4 is 11.1 Å². The van der Waals surface area contributed by atoms with Gasteiger partial charge in [-0.05, 0) is 32.0 Å². The van der Waals surface area contributed by atoms with Gasteiger partial charge in [-0.15, -0.1) is 0 Å². The summed E-state index contributed by atoms with van der Waals surface area (Å²) in [5.41, 5.74) is 4.77. The fourth-order valence-electron chi connectivity index (χ4n) is 1.55. The second-order valence-electron chi connectivity index (χ2n) is 3.90. The SMILES string of the molecule is CCN(CC)C(=O)Nc1cc(C(F)(F)F)ccc1N. The standard InChI is InChI=1S/C12H16F3N3O/c1-3-18(4-2)11(19)17-10-7-8(12(13,14)15)5-6-9(10)16/h5-7H,3-4,16H2,1-2H3,(H,17,19). The normalized spacial score (nSPS) is 11.2. The summed E-state index contributed by atoms with van der Waals surface area (Å²) < 4.78 is 37.7. The molecule has 1 rings (SSSR count). The van der Waals surface area contributed by atoms with E-state index in [1.54, 1.807) is 13.8 Å². The number of hydrogen-bond donors (Lipinski definition) is 2. The molecule has 3 N–H and O–H groups in total. The largest absolute Gasteiger partial charge is 0.416 e. The van der Waals surface area contributed by atoms with Gasteiger partial charge in [-0.2, -0.15) is 13.2 Å². The number of nitrogens with zero attached hydrogens (tertiary/aromatic N) is 1. The van der Waals surface area contributed by atoms with E-state index in [9.17, 15) is 18.0 Å². The van der Waals surface area contributed by atoms with Gasteiger partial charge in [-0.3, -0.25) is 0 Å². The molecule has 0 unspecified atom stereocenters. The third-order valence-electron chi connectivity index (χ3n) is 2.67. The van der Waals surface area contributed by atoms with E-state index >= 15 is 0 Å². The number of hydrogen-bond acceptors (Lipinski definition) is 2. The van der Waals surface area contributed by atoms with Crippen LogP contribution in [0.3, 0.4) is 0 Å². The maximum atomic E-state index is 12.6. The summed E-state index contributed by atoms with van der Waals surface area (Å²) in [5.74, 6) is 0. The van der Waals surface area contributed by atoms with E-state index in [1.165, 1.54) is 4.90 Å². The molecule has 2 amide bonds. The Morgan fingerprint density at radius 2 is 1.89 bits per heavy atom. The highest BCUT2D eigenvalue weighted by Gasteiger charge is 2.31. The van der Waals surface area contributed by atoms with Crippen LogP contribution in [-0.2, 0) is 6.18 Å². The average Bonchev–Trinajstić information content (AvgIpc) is 2.32. The Hall–Kier alpha value is -1.92. The van der Waals surface area contributed by atoms with Crippen molar-refractivity contribution < 1.29 is 18.0 Å². The lowest BCUT2D eigenvalue weighted by Gasteiger charge is -2.20. The summed E-state index contributed by atoms with van der Waals surface area (Å²) in [6, 6.07) is 2.36. The van der Waals surface area contributed by atoms with Crippen LogP contribution in [0.5, 0.6) is 0 Å². The molecule has 0 aliphatic heterocycles. The van der Waals surface area contributed by atoms with Gasteiger partial charge in [0.15, 0.2) is 0 Å². The molecule has 0 aliphatic carbocycles. The molecule has 0 atom stereocenters. The number of amides is 2. The second kappa shape index (κ2) is 5.81. The van der Waals surface area contributed by atoms with Gasteiger partial charge < -0.3 is 16.0 Å². The summed E-state index contributed by atoms with van der Waals surface area (Å²) >= 11 is 0. The molecule has 0 aromatic heterocycles. The lowest BCUT2D eigenvalue weighted by Crippen LogP contribution is -2.34. The monoisotopic (exact) mass is 275 g/mol. The van der Waals surface area contributed by atoms with Crippen molar-refractivity contribution in [2.45, 2.75) is 20.0 Å². The molecule has 106 valence electrons. The molecule has 0 heterocycles. The smallest absolute Gasteiger partial charge is 0.397 e. The Balaban J connectivity index is 2.98. The van der Waals surface area contributed by atoms with E-state index in [4.69, 9.17) is 5.73 Å². The Morgan fingerprint density at radius 1 is 1.32 bits per heavy atom. The van der Waals surface area contributed by atoms with Crippen molar-refractivity contribution in [1.29, 1.82) is 0 Å². The molecule has 0 bridgehead atoms. The first-order valence-corrected chi connectivity index (χ1v) is 5.82. The maximum absolute atomic E-state index is 12.6. The molecule has 1 aromatic carbocycles. The first kappa shape index (κ1) is 15.1. The van der Waals surface area contributed by atoms with Crippen molar-refractivity contribution in [3.8, 4) is 0 Å². The van der Waals surface area contributed by atoms with E-state index < -0.39 is 17.8 Å². The van der Waals surface area contributed by atoms with Gasteiger partial charge in [0.05, 0.1) is 16.9 Å². The van der Waals surface area contributed by atoms with Crippen LogP contribution in [0.2, 0.25) is 0 Å². The van der Waals surface area contributed by atoms with Crippen LogP contribution in [0, 0.1) is 0 Å². The fourth-order valence-corrected chi connectivity index (χ4v) is 1.55. The number of urea groups is 1. The molecular formula is C12H16F3N3O. The van der Waals surface area contributed by atoms with Gasteiger partial charge in [0.25, 0.3) is 0 Å². The number of anilines is 2. The summed E-state index contributed by atoms with van der Waals surface area (Å²) in [4.78, 5) is 13.2. The van der Waals surface area contributed by atoms with E-state index in [0.29, 0.717) is 13.1 Å². The molecule has 0 aliphatic rings. The Kier molecular flexibility index (Phi) is 4.63. The number of benzene rings is 1. The maximum Gasteiger partial charge on any atom is 0.416 e.